The van der Waals surface area contributed by atoms with Crippen LogP contribution < -0.4 is 4.90 Å². The van der Waals surface area contributed by atoms with E-state index in [-0.39, 0.29) is 0 Å². The smallest absolute Gasteiger partial charge is 0.0714 e. The predicted octanol–water partition coefficient (Wildman–Crippen LogP) is 17.3. The van der Waals surface area contributed by atoms with Crippen LogP contribution >= 0.6 is 0 Å². The Morgan fingerprint density at radius 1 is 0.242 bits per heavy atom. The first kappa shape index (κ1) is 39.1. The molecule has 1 nitrogen and oxygen atoms in total. The Hall–Kier alpha value is -8.52. The second-order valence-electron chi connectivity index (χ2n) is 17.2. The molecule has 1 aliphatic carbocycles. The Kier molecular flexibility index (Phi) is 9.81. The first-order valence-electron chi connectivity index (χ1n) is 22.8. The zero-order chi connectivity index (χ0) is 43.9. The zero-order valence-electron chi connectivity index (χ0n) is 36.4. The van der Waals surface area contributed by atoms with E-state index in [0.29, 0.717) is 0 Å². The van der Waals surface area contributed by atoms with E-state index in [4.69, 9.17) is 0 Å². The van der Waals surface area contributed by atoms with Crippen molar-refractivity contribution in [3.05, 3.63) is 295 Å². The van der Waals surface area contributed by atoms with Crippen LogP contribution in [0.1, 0.15) is 22.3 Å². The van der Waals surface area contributed by atoms with Crippen LogP contribution in [0.25, 0.3) is 66.4 Å². The van der Waals surface area contributed by atoms with E-state index in [1.165, 1.54) is 88.7 Å². The lowest BCUT2D eigenvalue weighted by atomic mass is 9.67. The Bertz CT molecular complexity index is 3460. The molecular weight excluding hydrogens is 795 g/mol. The summed E-state index contributed by atoms with van der Waals surface area (Å²) in [6.07, 6.45) is 0. The van der Waals surface area contributed by atoms with Gasteiger partial charge >= 0.3 is 0 Å². The fourth-order valence-electron chi connectivity index (χ4n) is 10.5. The van der Waals surface area contributed by atoms with Gasteiger partial charge in [0.2, 0.25) is 0 Å². The maximum atomic E-state index is 2.47. The molecule has 0 aromatic heterocycles. The molecule has 0 radical (unpaired) electrons. The fraction of sp³-hybridized carbons (Fsp3) is 0.0154. The third-order valence-electron chi connectivity index (χ3n) is 13.5. The molecule has 0 fully saturated rings. The third-order valence-corrected chi connectivity index (χ3v) is 13.5. The van der Waals surface area contributed by atoms with Crippen molar-refractivity contribution >= 4 is 27.8 Å². The number of nitrogens with zero attached hydrogens (tertiary/aromatic N) is 1. The van der Waals surface area contributed by atoms with Crippen molar-refractivity contribution in [1.29, 1.82) is 0 Å². The number of hydrogen-bond donors (Lipinski definition) is 0. The monoisotopic (exact) mass is 839 g/mol. The van der Waals surface area contributed by atoms with Crippen LogP contribution in [0.4, 0.5) is 17.1 Å². The van der Waals surface area contributed by atoms with Crippen molar-refractivity contribution in [3.8, 4) is 55.6 Å². The molecule has 0 aliphatic heterocycles. The molecule has 0 unspecified atom stereocenters. The molecule has 1 heteroatoms. The van der Waals surface area contributed by atoms with Crippen LogP contribution in [0, 0.1) is 0 Å². The number of anilines is 3. The Balaban J connectivity index is 1.06. The van der Waals surface area contributed by atoms with Gasteiger partial charge in [-0.2, -0.15) is 0 Å². The molecule has 0 bridgehead atoms. The summed E-state index contributed by atoms with van der Waals surface area (Å²) in [5.41, 5.74) is 19.8. The lowest BCUT2D eigenvalue weighted by Crippen LogP contribution is -2.28. The minimum atomic E-state index is -0.610. The molecular formula is C65H45N. The summed E-state index contributed by atoms with van der Waals surface area (Å²) in [6, 6.07) is 100. The van der Waals surface area contributed by atoms with Crippen LogP contribution in [0.15, 0.2) is 273 Å². The maximum Gasteiger partial charge on any atom is 0.0714 e. The maximum absolute atomic E-state index is 2.47. The van der Waals surface area contributed by atoms with Crippen LogP contribution in [-0.2, 0) is 5.41 Å². The highest BCUT2D eigenvalue weighted by molar-refractivity contribution is 5.98. The highest BCUT2D eigenvalue weighted by Crippen LogP contribution is 2.58. The van der Waals surface area contributed by atoms with Crippen molar-refractivity contribution in [2.75, 3.05) is 4.90 Å². The van der Waals surface area contributed by atoms with Gasteiger partial charge in [0.05, 0.1) is 5.41 Å². The second kappa shape index (κ2) is 16.6. The summed E-state index contributed by atoms with van der Waals surface area (Å²) in [7, 11) is 0. The molecule has 0 saturated heterocycles. The van der Waals surface area contributed by atoms with E-state index in [2.05, 4.69) is 278 Å². The van der Waals surface area contributed by atoms with Gasteiger partial charge < -0.3 is 4.90 Å². The molecule has 0 heterocycles. The molecule has 0 N–H and O–H groups in total. The van der Waals surface area contributed by atoms with Gasteiger partial charge in [-0.1, -0.05) is 224 Å². The quantitative estimate of drug-likeness (QED) is 0.140. The van der Waals surface area contributed by atoms with Gasteiger partial charge in [-0.05, 0) is 137 Å². The molecule has 12 rings (SSSR count). The van der Waals surface area contributed by atoms with E-state index in [1.807, 2.05) is 0 Å². The molecule has 11 aromatic rings. The largest absolute Gasteiger partial charge is 0.310 e. The van der Waals surface area contributed by atoms with Crippen molar-refractivity contribution in [1.82, 2.24) is 0 Å². The topological polar surface area (TPSA) is 3.24 Å². The Morgan fingerprint density at radius 3 is 1.38 bits per heavy atom. The summed E-state index contributed by atoms with van der Waals surface area (Å²) in [5, 5.41) is 2.51. The first-order chi connectivity index (χ1) is 32.7. The van der Waals surface area contributed by atoms with Gasteiger partial charge in [-0.25, -0.2) is 0 Å². The molecule has 1 aliphatic rings. The molecule has 66 heavy (non-hydrogen) atoms. The average Bonchev–Trinajstić information content (AvgIpc) is 3.69. The number of hydrogen-bond acceptors (Lipinski definition) is 1. The van der Waals surface area contributed by atoms with E-state index in [1.54, 1.807) is 0 Å². The van der Waals surface area contributed by atoms with E-state index in [9.17, 15) is 0 Å². The van der Waals surface area contributed by atoms with Gasteiger partial charge in [-0.3, -0.25) is 0 Å². The molecule has 310 valence electrons. The number of fused-ring (bicyclic) bond motifs is 4. The predicted molar refractivity (Wildman–Crippen MR) is 278 cm³/mol. The summed E-state index contributed by atoms with van der Waals surface area (Å²) in [5.74, 6) is 0. The lowest BCUT2D eigenvalue weighted by Gasteiger charge is -2.35. The van der Waals surface area contributed by atoms with Crippen LogP contribution in [-0.4, -0.2) is 0 Å². The minimum Gasteiger partial charge on any atom is -0.310 e. The van der Waals surface area contributed by atoms with E-state index in [0.717, 1.165) is 17.1 Å². The summed E-state index contributed by atoms with van der Waals surface area (Å²) in [4.78, 5) is 2.43. The van der Waals surface area contributed by atoms with Gasteiger partial charge in [0.15, 0.2) is 0 Å². The normalized spacial score (nSPS) is 12.4. The summed E-state index contributed by atoms with van der Waals surface area (Å²) < 4.78 is 0. The summed E-state index contributed by atoms with van der Waals surface area (Å²) >= 11 is 0. The first-order valence-corrected chi connectivity index (χ1v) is 22.8. The second-order valence-corrected chi connectivity index (χ2v) is 17.2. The number of benzene rings is 11. The molecule has 0 spiro atoms. The fourth-order valence-corrected chi connectivity index (χ4v) is 10.5. The standard InChI is InChI=1S/C65H45N/c1-5-18-46(19-6-1)48-34-37-56(38-35-48)66(57-31-16-25-51(43-57)47-20-7-2-8-21-47)58-39-41-62-61-40-36-52(50-24-15-26-53(42-50)60-33-17-23-49-22-13-14-32-59(49)60)44-63(61)65(64(62)45-58,54-27-9-3-10-28-54)55-29-11-4-12-30-55/h1-45H. The molecule has 0 saturated carbocycles. The highest BCUT2D eigenvalue weighted by Gasteiger charge is 2.46. The van der Waals surface area contributed by atoms with Crippen LogP contribution in [0.3, 0.4) is 0 Å². The Labute approximate surface area is 387 Å². The van der Waals surface area contributed by atoms with Crippen molar-refractivity contribution in [2.24, 2.45) is 0 Å². The van der Waals surface area contributed by atoms with Gasteiger partial charge in [0, 0.05) is 17.1 Å². The number of rotatable bonds is 9. The Morgan fingerprint density at radius 2 is 0.682 bits per heavy atom. The third kappa shape index (κ3) is 6.73. The van der Waals surface area contributed by atoms with Crippen molar-refractivity contribution < 1.29 is 0 Å². The SMILES string of the molecule is c1ccc(-c2ccc(N(c3cccc(-c4ccccc4)c3)c3ccc4c(c3)C(c3ccccc3)(c3ccccc3)c3cc(-c5cccc(-c6cccc7ccccc67)c5)ccc3-4)cc2)cc1. The molecule has 0 atom stereocenters. The van der Waals surface area contributed by atoms with Crippen molar-refractivity contribution in [3.63, 3.8) is 0 Å². The van der Waals surface area contributed by atoms with Crippen LogP contribution in [0.2, 0.25) is 0 Å². The van der Waals surface area contributed by atoms with E-state index >= 15 is 0 Å². The molecule has 0 amide bonds. The average molecular weight is 840 g/mol. The zero-order valence-corrected chi connectivity index (χ0v) is 36.4. The van der Waals surface area contributed by atoms with Crippen molar-refractivity contribution in [2.45, 2.75) is 5.41 Å². The molecule has 11 aromatic carbocycles. The lowest BCUT2D eigenvalue weighted by molar-refractivity contribution is 0.768. The van der Waals surface area contributed by atoms with E-state index < -0.39 is 5.41 Å². The summed E-state index contributed by atoms with van der Waals surface area (Å²) in [6.45, 7) is 0. The minimum absolute atomic E-state index is 0.610. The highest BCUT2D eigenvalue weighted by atomic mass is 15.1. The van der Waals surface area contributed by atoms with Gasteiger partial charge in [0.25, 0.3) is 0 Å². The van der Waals surface area contributed by atoms with Crippen LogP contribution in [0.5, 0.6) is 0 Å². The van der Waals surface area contributed by atoms with Gasteiger partial charge in [0.1, 0.15) is 0 Å². The van der Waals surface area contributed by atoms with Gasteiger partial charge in [-0.15, -0.1) is 0 Å².